The first-order valence-corrected chi connectivity index (χ1v) is 10.4. The van der Waals surface area contributed by atoms with Gasteiger partial charge in [0.25, 0.3) is 0 Å². The van der Waals surface area contributed by atoms with Gasteiger partial charge in [0.15, 0.2) is 24.4 Å². The second-order valence-corrected chi connectivity index (χ2v) is 7.25. The lowest BCUT2D eigenvalue weighted by atomic mass is 10.0. The lowest BCUT2D eigenvalue weighted by Gasteiger charge is -2.35. The van der Waals surface area contributed by atoms with Crippen molar-refractivity contribution < 1.29 is 52.4 Å². The molecule has 1 rings (SSSR count). The van der Waals surface area contributed by atoms with Crippen LogP contribution >= 0.6 is 0 Å². The van der Waals surface area contributed by atoms with Crippen LogP contribution in [0.25, 0.3) is 0 Å². The maximum Gasteiger partial charge on any atom is 0.303 e. The standard InChI is InChI=1S/C23H30O11/c1-14(24)30-13-21(32-16(3)26)23(34-18(5)28)22(33-17(4)27)20(31-15(2)25)12-29-11-19-9-7-6-8-10-19/h6-10,20-23H,11-13H2,1-5H3/t20-,21+,22-,23-/m1/s1. The van der Waals surface area contributed by atoms with Gasteiger partial charge in [0, 0.05) is 34.6 Å². The summed E-state index contributed by atoms with van der Waals surface area (Å²) in [6.07, 6.45) is -5.58. The lowest BCUT2D eigenvalue weighted by Crippen LogP contribution is -2.54. The minimum absolute atomic E-state index is 0.143. The second-order valence-electron chi connectivity index (χ2n) is 7.25. The van der Waals surface area contributed by atoms with Gasteiger partial charge in [-0.2, -0.15) is 0 Å². The fraction of sp³-hybridized carbons (Fsp3) is 0.522. The zero-order valence-corrected chi connectivity index (χ0v) is 19.8. The maximum atomic E-state index is 11.9. The molecular formula is C23H30O11. The Labute approximate surface area is 197 Å². The largest absolute Gasteiger partial charge is 0.462 e. The molecule has 0 bridgehead atoms. The monoisotopic (exact) mass is 482 g/mol. The average Bonchev–Trinajstić information content (AvgIpc) is 2.72. The van der Waals surface area contributed by atoms with Crippen molar-refractivity contribution in [1.29, 1.82) is 0 Å². The van der Waals surface area contributed by atoms with Crippen LogP contribution < -0.4 is 0 Å². The third-order valence-electron chi connectivity index (χ3n) is 4.14. The molecule has 0 saturated carbocycles. The molecule has 0 radical (unpaired) electrons. The van der Waals surface area contributed by atoms with Gasteiger partial charge in [-0.05, 0) is 5.56 Å². The van der Waals surface area contributed by atoms with Crippen molar-refractivity contribution in [2.45, 2.75) is 65.6 Å². The second kappa shape index (κ2) is 14.6. The Balaban J connectivity index is 3.28. The first kappa shape index (κ1) is 28.6. The molecule has 1 aromatic carbocycles. The number of hydrogen-bond donors (Lipinski definition) is 0. The molecule has 0 spiro atoms. The van der Waals surface area contributed by atoms with Crippen LogP contribution in [0.4, 0.5) is 0 Å². The van der Waals surface area contributed by atoms with E-state index in [2.05, 4.69) is 0 Å². The molecule has 0 amide bonds. The van der Waals surface area contributed by atoms with Gasteiger partial charge in [-0.3, -0.25) is 24.0 Å². The van der Waals surface area contributed by atoms with Crippen LogP contribution in [0, 0.1) is 0 Å². The summed E-state index contributed by atoms with van der Waals surface area (Å²) in [5, 5.41) is 0. The summed E-state index contributed by atoms with van der Waals surface area (Å²) in [6.45, 7) is 4.92. The molecule has 0 N–H and O–H groups in total. The summed E-state index contributed by atoms with van der Waals surface area (Å²) in [5.41, 5.74) is 0.831. The lowest BCUT2D eigenvalue weighted by molar-refractivity contribution is -0.206. The fourth-order valence-electron chi connectivity index (χ4n) is 2.98. The highest BCUT2D eigenvalue weighted by atomic mass is 16.6. The molecule has 188 valence electrons. The van der Waals surface area contributed by atoms with Crippen molar-refractivity contribution in [2.75, 3.05) is 13.2 Å². The minimum Gasteiger partial charge on any atom is -0.462 e. The maximum absolute atomic E-state index is 11.9. The molecule has 4 atom stereocenters. The Kier molecular flexibility index (Phi) is 12.3. The molecule has 0 aliphatic carbocycles. The smallest absolute Gasteiger partial charge is 0.303 e. The van der Waals surface area contributed by atoms with E-state index in [1.54, 1.807) is 0 Å². The van der Waals surface area contributed by atoms with E-state index in [4.69, 9.17) is 28.4 Å². The minimum atomic E-state index is -1.49. The van der Waals surface area contributed by atoms with Crippen LogP contribution in [0.3, 0.4) is 0 Å². The van der Waals surface area contributed by atoms with Gasteiger partial charge in [0.2, 0.25) is 0 Å². The van der Waals surface area contributed by atoms with Gasteiger partial charge in [-0.25, -0.2) is 0 Å². The van der Waals surface area contributed by atoms with Crippen molar-refractivity contribution in [3.8, 4) is 0 Å². The van der Waals surface area contributed by atoms with Crippen molar-refractivity contribution in [2.24, 2.45) is 0 Å². The summed E-state index contributed by atoms with van der Waals surface area (Å²) < 4.78 is 31.7. The number of ether oxygens (including phenoxy) is 6. The number of carbonyl (C=O) groups excluding carboxylic acids is 5. The summed E-state index contributed by atoms with van der Waals surface area (Å²) >= 11 is 0. The van der Waals surface area contributed by atoms with E-state index in [-0.39, 0.29) is 13.2 Å². The molecular weight excluding hydrogens is 452 g/mol. The molecule has 11 nitrogen and oxygen atoms in total. The molecule has 0 aliphatic heterocycles. The summed E-state index contributed by atoms with van der Waals surface area (Å²) in [6, 6.07) is 9.12. The summed E-state index contributed by atoms with van der Waals surface area (Å²) in [7, 11) is 0. The van der Waals surface area contributed by atoms with Gasteiger partial charge >= 0.3 is 29.8 Å². The van der Waals surface area contributed by atoms with E-state index in [1.165, 1.54) is 0 Å². The van der Waals surface area contributed by atoms with E-state index in [9.17, 15) is 24.0 Å². The quantitative estimate of drug-likeness (QED) is 0.298. The Morgan fingerprint density at radius 2 is 1.06 bits per heavy atom. The number of hydrogen-bond acceptors (Lipinski definition) is 11. The number of benzene rings is 1. The van der Waals surface area contributed by atoms with Crippen molar-refractivity contribution in [3.05, 3.63) is 35.9 Å². The molecule has 1 aromatic rings. The topological polar surface area (TPSA) is 141 Å². The highest BCUT2D eigenvalue weighted by molar-refractivity contribution is 5.69. The SMILES string of the molecule is CC(=O)OC[C@H](OC(C)=O)[C@@H](OC(C)=O)[C@H](OC(C)=O)[C@@H](COCc1ccccc1)OC(C)=O. The number of carbonyl (C=O) groups is 5. The van der Waals surface area contributed by atoms with Crippen molar-refractivity contribution >= 4 is 29.8 Å². The predicted octanol–water partition coefficient (Wildman–Crippen LogP) is 1.49. The highest BCUT2D eigenvalue weighted by Gasteiger charge is 2.44. The summed E-state index contributed by atoms with van der Waals surface area (Å²) in [5.74, 6) is -3.80. The van der Waals surface area contributed by atoms with E-state index in [0.717, 1.165) is 40.2 Å². The third kappa shape index (κ3) is 11.4. The normalized spacial score (nSPS) is 14.0. The van der Waals surface area contributed by atoms with E-state index in [0.29, 0.717) is 0 Å². The van der Waals surface area contributed by atoms with Crippen LogP contribution in [-0.2, 0) is 59.0 Å². The van der Waals surface area contributed by atoms with Crippen LogP contribution in [0.15, 0.2) is 30.3 Å². The van der Waals surface area contributed by atoms with Crippen LogP contribution in [-0.4, -0.2) is 67.5 Å². The van der Waals surface area contributed by atoms with Gasteiger partial charge in [-0.15, -0.1) is 0 Å². The Bertz CT molecular complexity index is 837. The van der Waals surface area contributed by atoms with E-state index >= 15 is 0 Å². The van der Waals surface area contributed by atoms with Crippen LogP contribution in [0.5, 0.6) is 0 Å². The van der Waals surface area contributed by atoms with Crippen LogP contribution in [0.2, 0.25) is 0 Å². The van der Waals surface area contributed by atoms with Crippen molar-refractivity contribution in [3.63, 3.8) is 0 Å². The van der Waals surface area contributed by atoms with E-state index in [1.807, 2.05) is 30.3 Å². The molecule has 0 unspecified atom stereocenters. The first-order chi connectivity index (χ1) is 16.0. The summed E-state index contributed by atoms with van der Waals surface area (Å²) in [4.78, 5) is 58.6. The number of esters is 5. The first-order valence-electron chi connectivity index (χ1n) is 10.4. The Morgan fingerprint density at radius 1 is 0.618 bits per heavy atom. The highest BCUT2D eigenvalue weighted by Crippen LogP contribution is 2.21. The molecule has 0 aliphatic rings. The zero-order chi connectivity index (χ0) is 25.7. The van der Waals surface area contributed by atoms with Crippen molar-refractivity contribution in [1.82, 2.24) is 0 Å². The predicted molar refractivity (Wildman–Crippen MR) is 115 cm³/mol. The molecule has 0 fully saturated rings. The Morgan fingerprint density at radius 3 is 1.47 bits per heavy atom. The van der Waals surface area contributed by atoms with Gasteiger partial charge < -0.3 is 28.4 Å². The van der Waals surface area contributed by atoms with Gasteiger partial charge in [0.1, 0.15) is 6.61 Å². The molecule has 0 saturated heterocycles. The average molecular weight is 482 g/mol. The molecule has 34 heavy (non-hydrogen) atoms. The van der Waals surface area contributed by atoms with Gasteiger partial charge in [-0.1, -0.05) is 30.3 Å². The zero-order valence-electron chi connectivity index (χ0n) is 19.8. The molecule has 0 aromatic heterocycles. The molecule has 0 heterocycles. The van der Waals surface area contributed by atoms with Gasteiger partial charge in [0.05, 0.1) is 13.2 Å². The van der Waals surface area contributed by atoms with E-state index < -0.39 is 60.9 Å². The third-order valence-corrected chi connectivity index (χ3v) is 4.14. The number of rotatable bonds is 13. The van der Waals surface area contributed by atoms with Crippen LogP contribution in [0.1, 0.15) is 40.2 Å². The Hall–Kier alpha value is -3.47. The fourth-order valence-corrected chi connectivity index (χ4v) is 2.98. The molecule has 11 heteroatoms.